The minimum absolute atomic E-state index is 0. The van der Waals surface area contributed by atoms with Crippen molar-refractivity contribution in [3.05, 3.63) is 6.92 Å². The quantitative estimate of drug-likeness (QED) is 0.322. The van der Waals surface area contributed by atoms with Gasteiger partial charge in [0, 0.05) is 6.61 Å². The topological polar surface area (TPSA) is 52.6 Å². The zero-order chi connectivity index (χ0) is 12.5. The first-order valence-corrected chi connectivity index (χ1v) is 4.83. The third-order valence-electron chi connectivity index (χ3n) is 1.06. The smallest absolute Gasteiger partial charge is 0.539 e. The molecule has 0 amide bonds. The zero-order valence-corrected chi connectivity index (χ0v) is 12.2. The van der Waals surface area contributed by atoms with Gasteiger partial charge in [0.2, 0.25) is 0 Å². The van der Waals surface area contributed by atoms with Crippen molar-refractivity contribution in [3.63, 3.8) is 0 Å². The fourth-order valence-corrected chi connectivity index (χ4v) is 0.672. The summed E-state index contributed by atoms with van der Waals surface area (Å²) in [5, 5.41) is 0. The SMILES string of the molecule is CCOC([C-]=O)C(=O)OC(C)(C)C.[CH2-]C.[Mg+2]. The summed E-state index contributed by atoms with van der Waals surface area (Å²) < 4.78 is 9.72. The predicted molar refractivity (Wildman–Crippen MR) is 63.7 cm³/mol. The summed E-state index contributed by atoms with van der Waals surface area (Å²) in [6, 6.07) is 0. The fraction of sp³-hybridized carbons (Fsp3) is 0.727. The molecule has 0 aliphatic heterocycles. The van der Waals surface area contributed by atoms with Gasteiger partial charge in [0.05, 0.1) is 6.10 Å². The first-order valence-electron chi connectivity index (χ1n) is 4.83. The molecule has 0 bridgehead atoms. The molecule has 0 aliphatic rings. The Balaban J connectivity index is -0.000000529. The Morgan fingerprint density at radius 3 is 2.06 bits per heavy atom. The molecule has 0 saturated heterocycles. The van der Waals surface area contributed by atoms with Gasteiger partial charge in [-0.3, -0.25) is 4.79 Å². The summed E-state index contributed by atoms with van der Waals surface area (Å²) in [6.07, 6.45) is 0.260. The summed E-state index contributed by atoms with van der Waals surface area (Å²) in [4.78, 5) is 21.4. The monoisotopic (exact) mass is 240 g/mol. The van der Waals surface area contributed by atoms with Crippen LogP contribution in [0.4, 0.5) is 0 Å². The average molecular weight is 241 g/mol. The van der Waals surface area contributed by atoms with Gasteiger partial charge < -0.3 is 21.2 Å². The molecule has 0 aromatic heterocycles. The first-order chi connectivity index (χ1) is 6.90. The van der Waals surface area contributed by atoms with E-state index >= 15 is 0 Å². The maximum atomic E-state index is 11.2. The van der Waals surface area contributed by atoms with Gasteiger partial charge in [-0.2, -0.15) is 6.92 Å². The number of ether oxygens (including phenoxy) is 2. The van der Waals surface area contributed by atoms with E-state index in [4.69, 9.17) is 9.47 Å². The molecule has 16 heavy (non-hydrogen) atoms. The van der Waals surface area contributed by atoms with Gasteiger partial charge in [-0.15, -0.1) is 0 Å². The van der Waals surface area contributed by atoms with E-state index in [1.54, 1.807) is 34.6 Å². The summed E-state index contributed by atoms with van der Waals surface area (Å²) in [7, 11) is 0. The third kappa shape index (κ3) is 11.9. The van der Waals surface area contributed by atoms with Crippen LogP contribution in [0.25, 0.3) is 0 Å². The van der Waals surface area contributed by atoms with Gasteiger partial charge in [-0.05, 0) is 27.7 Å². The molecule has 90 valence electrons. The number of esters is 1. The number of carbonyl (C=O) groups is 1. The molecule has 0 N–H and O–H groups in total. The van der Waals surface area contributed by atoms with Crippen molar-refractivity contribution in [1.29, 1.82) is 0 Å². The van der Waals surface area contributed by atoms with Crippen molar-refractivity contribution < 1.29 is 19.1 Å². The Kier molecular flexibility index (Phi) is 15.0. The summed E-state index contributed by atoms with van der Waals surface area (Å²) in [5.41, 5.74) is -0.608. The van der Waals surface area contributed by atoms with Crippen LogP contribution in [0.5, 0.6) is 0 Å². The molecule has 0 aromatic carbocycles. The van der Waals surface area contributed by atoms with Crippen LogP contribution in [0.1, 0.15) is 34.6 Å². The second-order valence-corrected chi connectivity index (χ2v) is 3.49. The third-order valence-corrected chi connectivity index (χ3v) is 1.06. The molecule has 0 saturated carbocycles. The molecule has 1 unspecified atom stereocenters. The summed E-state index contributed by atoms with van der Waals surface area (Å²) in [5.74, 6) is -0.690. The predicted octanol–water partition coefficient (Wildman–Crippen LogP) is 1.30. The Bertz CT molecular complexity index is 187. The van der Waals surface area contributed by atoms with Crippen molar-refractivity contribution >= 4 is 35.3 Å². The van der Waals surface area contributed by atoms with E-state index in [0.717, 1.165) is 0 Å². The van der Waals surface area contributed by atoms with Crippen LogP contribution in [0.2, 0.25) is 0 Å². The van der Waals surface area contributed by atoms with Crippen LogP contribution < -0.4 is 0 Å². The minimum Gasteiger partial charge on any atom is -0.539 e. The Morgan fingerprint density at radius 1 is 1.38 bits per heavy atom. The molecule has 0 fully saturated rings. The molecule has 4 nitrogen and oxygen atoms in total. The van der Waals surface area contributed by atoms with Crippen LogP contribution >= 0.6 is 0 Å². The maximum Gasteiger partial charge on any atom is 2.00 e. The van der Waals surface area contributed by atoms with Gasteiger partial charge in [0.15, 0.2) is 0 Å². The van der Waals surface area contributed by atoms with E-state index in [1.807, 2.05) is 0 Å². The molecule has 0 rings (SSSR count). The van der Waals surface area contributed by atoms with Gasteiger partial charge >= 0.3 is 29.0 Å². The van der Waals surface area contributed by atoms with Crippen LogP contribution in [0, 0.1) is 6.92 Å². The van der Waals surface area contributed by atoms with E-state index in [0.29, 0.717) is 0 Å². The van der Waals surface area contributed by atoms with E-state index < -0.39 is 17.7 Å². The van der Waals surface area contributed by atoms with Crippen LogP contribution in [-0.2, 0) is 19.1 Å². The second kappa shape index (κ2) is 11.4. The van der Waals surface area contributed by atoms with Crippen molar-refractivity contribution in [3.8, 4) is 0 Å². The van der Waals surface area contributed by atoms with Crippen molar-refractivity contribution in [2.75, 3.05) is 6.61 Å². The van der Waals surface area contributed by atoms with Crippen LogP contribution in [0.15, 0.2) is 0 Å². The molecule has 0 heterocycles. The number of hydrogen-bond donors (Lipinski definition) is 0. The average Bonchev–Trinajstić information content (AvgIpc) is 2.14. The van der Waals surface area contributed by atoms with E-state index in [2.05, 4.69) is 6.92 Å². The second-order valence-electron chi connectivity index (χ2n) is 3.49. The molecule has 0 aromatic rings. The van der Waals surface area contributed by atoms with Gasteiger partial charge in [-0.25, -0.2) is 6.29 Å². The first kappa shape index (κ1) is 21.2. The number of hydrogen-bond acceptors (Lipinski definition) is 4. The van der Waals surface area contributed by atoms with Crippen LogP contribution in [-0.4, -0.2) is 53.6 Å². The molecule has 0 spiro atoms. The molecule has 1 atom stereocenters. The Morgan fingerprint density at radius 2 is 1.81 bits per heavy atom. The molecular formula is C11H20MgO4. The summed E-state index contributed by atoms with van der Waals surface area (Å²) >= 11 is 0. The number of carbonyl (C=O) groups excluding carboxylic acids is 2. The Hall–Kier alpha value is -0.134. The Labute approximate surface area is 114 Å². The van der Waals surface area contributed by atoms with E-state index in [-0.39, 0.29) is 29.7 Å². The van der Waals surface area contributed by atoms with Gasteiger partial charge in [-0.1, -0.05) is 0 Å². The van der Waals surface area contributed by atoms with Gasteiger partial charge in [0.1, 0.15) is 5.60 Å². The number of rotatable bonds is 4. The summed E-state index contributed by atoms with van der Waals surface area (Å²) in [6.45, 7) is 12.1. The molecular weight excluding hydrogens is 220 g/mol. The van der Waals surface area contributed by atoms with Gasteiger partial charge in [0.25, 0.3) is 0 Å². The molecule has 0 aliphatic carbocycles. The molecule has 5 heteroatoms. The maximum absolute atomic E-state index is 11.2. The fourth-order valence-electron chi connectivity index (χ4n) is 0.672. The standard InChI is InChI=1S/C9H15O4.C2H5.Mg/c1-5-12-7(6-10)8(11)13-9(2,3)4;1-2;/h7H,5H2,1-4H3;1H2,2H3;/q2*-1;+2. The zero-order valence-electron chi connectivity index (χ0n) is 10.8. The minimum atomic E-state index is -1.22. The van der Waals surface area contributed by atoms with Crippen LogP contribution in [0.3, 0.4) is 0 Å². The van der Waals surface area contributed by atoms with Crippen molar-refractivity contribution in [1.82, 2.24) is 0 Å². The van der Waals surface area contributed by atoms with Crippen molar-refractivity contribution in [2.45, 2.75) is 46.3 Å². The largest absolute Gasteiger partial charge is 2.00 e. The van der Waals surface area contributed by atoms with E-state index in [1.165, 1.54) is 6.29 Å². The van der Waals surface area contributed by atoms with E-state index in [9.17, 15) is 9.59 Å². The molecule has 0 radical (unpaired) electrons. The normalized spacial score (nSPS) is 11.4. The van der Waals surface area contributed by atoms with Crippen molar-refractivity contribution in [2.24, 2.45) is 0 Å².